The Morgan fingerprint density at radius 2 is 1.27 bits per heavy atom. The second kappa shape index (κ2) is 9.73. The Hall–Kier alpha value is -2.91. The summed E-state index contributed by atoms with van der Waals surface area (Å²) in [4.78, 5) is 17.0. The largest absolute Gasteiger partial charge is 0.339 e. The first-order valence-electron chi connectivity index (χ1n) is 10.9. The van der Waals surface area contributed by atoms with Crippen LogP contribution in [0.25, 0.3) is 11.1 Å². The van der Waals surface area contributed by atoms with E-state index in [1.165, 1.54) is 23.1 Å². The van der Waals surface area contributed by atoms with Gasteiger partial charge in [-0.25, -0.2) is 0 Å². The highest BCUT2D eigenvalue weighted by Gasteiger charge is 2.17. The Morgan fingerprint density at radius 3 is 1.87 bits per heavy atom. The van der Waals surface area contributed by atoms with Crippen LogP contribution in [0.1, 0.15) is 40.7 Å². The van der Waals surface area contributed by atoms with E-state index >= 15 is 0 Å². The standard InChI is InChI=1S/C27H30N2O/c1-28(20-22-8-4-2-5-9-22)21-23-10-12-24(13-11-23)25-14-16-26(17-15-25)27(30)29-18-6-3-7-19-29/h2,4-5,8-17H,3,6-7,18-21H2,1H3. The number of benzene rings is 3. The zero-order valence-corrected chi connectivity index (χ0v) is 17.8. The predicted octanol–water partition coefficient (Wildman–Crippen LogP) is 5.61. The molecule has 1 aliphatic rings. The van der Waals surface area contributed by atoms with Crippen molar-refractivity contribution in [1.29, 1.82) is 0 Å². The number of carbonyl (C=O) groups is 1. The quantitative estimate of drug-likeness (QED) is 0.539. The highest BCUT2D eigenvalue weighted by Crippen LogP contribution is 2.22. The first-order valence-corrected chi connectivity index (χ1v) is 10.9. The van der Waals surface area contributed by atoms with Gasteiger partial charge >= 0.3 is 0 Å². The van der Waals surface area contributed by atoms with E-state index in [4.69, 9.17) is 0 Å². The third-order valence-electron chi connectivity index (χ3n) is 5.81. The molecule has 3 heteroatoms. The zero-order valence-electron chi connectivity index (χ0n) is 17.8. The lowest BCUT2D eigenvalue weighted by molar-refractivity contribution is 0.0724. The summed E-state index contributed by atoms with van der Waals surface area (Å²) >= 11 is 0. The molecule has 4 rings (SSSR count). The number of nitrogens with zero attached hydrogens (tertiary/aromatic N) is 2. The lowest BCUT2D eigenvalue weighted by atomic mass is 10.0. The number of hydrogen-bond acceptors (Lipinski definition) is 2. The van der Waals surface area contributed by atoms with Crippen LogP contribution in [0.2, 0.25) is 0 Å². The van der Waals surface area contributed by atoms with E-state index in [0.717, 1.165) is 50.1 Å². The molecule has 0 atom stereocenters. The van der Waals surface area contributed by atoms with Crippen molar-refractivity contribution < 1.29 is 4.79 Å². The summed E-state index contributed by atoms with van der Waals surface area (Å²) in [5.74, 6) is 0.165. The van der Waals surface area contributed by atoms with Crippen molar-refractivity contribution in [3.8, 4) is 11.1 Å². The van der Waals surface area contributed by atoms with Crippen molar-refractivity contribution in [2.45, 2.75) is 32.4 Å². The summed E-state index contributed by atoms with van der Waals surface area (Å²) in [6.45, 7) is 3.63. The molecule has 0 bridgehead atoms. The fourth-order valence-corrected chi connectivity index (χ4v) is 4.15. The Labute approximate surface area is 180 Å². The molecule has 0 saturated carbocycles. The van der Waals surface area contributed by atoms with E-state index in [0.29, 0.717) is 0 Å². The fourth-order valence-electron chi connectivity index (χ4n) is 4.15. The van der Waals surface area contributed by atoms with Crippen LogP contribution >= 0.6 is 0 Å². The van der Waals surface area contributed by atoms with Gasteiger partial charge in [0.25, 0.3) is 5.91 Å². The van der Waals surface area contributed by atoms with Crippen LogP contribution < -0.4 is 0 Å². The zero-order chi connectivity index (χ0) is 20.8. The first-order chi connectivity index (χ1) is 14.7. The van der Waals surface area contributed by atoms with E-state index in [2.05, 4.69) is 78.7 Å². The van der Waals surface area contributed by atoms with Gasteiger partial charge in [-0.3, -0.25) is 9.69 Å². The predicted molar refractivity (Wildman–Crippen MR) is 123 cm³/mol. The Morgan fingerprint density at radius 1 is 0.733 bits per heavy atom. The topological polar surface area (TPSA) is 23.6 Å². The molecule has 1 aliphatic heterocycles. The number of carbonyl (C=O) groups excluding carboxylic acids is 1. The third kappa shape index (κ3) is 5.17. The monoisotopic (exact) mass is 398 g/mol. The molecule has 0 aliphatic carbocycles. The number of rotatable bonds is 6. The van der Waals surface area contributed by atoms with Crippen LogP contribution in [-0.4, -0.2) is 35.8 Å². The van der Waals surface area contributed by atoms with Gasteiger partial charge in [-0.2, -0.15) is 0 Å². The van der Waals surface area contributed by atoms with Crippen molar-refractivity contribution in [3.05, 3.63) is 95.6 Å². The van der Waals surface area contributed by atoms with Gasteiger partial charge in [0.05, 0.1) is 0 Å². The molecule has 0 aromatic heterocycles. The van der Waals surface area contributed by atoms with Gasteiger partial charge in [-0.15, -0.1) is 0 Å². The van der Waals surface area contributed by atoms with E-state index in [9.17, 15) is 4.79 Å². The molecule has 0 N–H and O–H groups in total. The van der Waals surface area contributed by atoms with Crippen molar-refractivity contribution >= 4 is 5.91 Å². The normalized spacial score (nSPS) is 14.1. The number of likely N-dealkylation sites (tertiary alicyclic amines) is 1. The Balaban J connectivity index is 1.37. The van der Waals surface area contributed by atoms with Gasteiger partial charge < -0.3 is 4.90 Å². The maximum atomic E-state index is 12.6. The molecule has 1 amide bonds. The number of piperidine rings is 1. The molecule has 154 valence electrons. The molecule has 0 unspecified atom stereocenters. The third-order valence-corrected chi connectivity index (χ3v) is 5.81. The van der Waals surface area contributed by atoms with Crippen LogP contribution in [0, 0.1) is 0 Å². The molecule has 1 heterocycles. The van der Waals surface area contributed by atoms with Gasteiger partial charge in [-0.1, -0.05) is 66.7 Å². The summed E-state index contributed by atoms with van der Waals surface area (Å²) in [6.07, 6.45) is 3.48. The summed E-state index contributed by atoms with van der Waals surface area (Å²) in [6, 6.07) is 27.4. The van der Waals surface area contributed by atoms with Gasteiger partial charge in [0.15, 0.2) is 0 Å². The van der Waals surface area contributed by atoms with E-state index in [-0.39, 0.29) is 5.91 Å². The average molecular weight is 399 g/mol. The van der Waals surface area contributed by atoms with E-state index in [1.807, 2.05) is 17.0 Å². The van der Waals surface area contributed by atoms with Crippen LogP contribution in [0.5, 0.6) is 0 Å². The van der Waals surface area contributed by atoms with Crippen LogP contribution in [0.15, 0.2) is 78.9 Å². The number of amides is 1. The van der Waals surface area contributed by atoms with Gasteiger partial charge in [-0.05, 0) is 60.7 Å². The van der Waals surface area contributed by atoms with Crippen molar-refractivity contribution in [2.75, 3.05) is 20.1 Å². The summed E-state index contributed by atoms with van der Waals surface area (Å²) in [7, 11) is 2.15. The van der Waals surface area contributed by atoms with E-state index in [1.54, 1.807) is 0 Å². The van der Waals surface area contributed by atoms with Gasteiger partial charge in [0.1, 0.15) is 0 Å². The van der Waals surface area contributed by atoms with Crippen LogP contribution in [0.4, 0.5) is 0 Å². The fraction of sp³-hybridized carbons (Fsp3) is 0.296. The van der Waals surface area contributed by atoms with Gasteiger partial charge in [0.2, 0.25) is 0 Å². The van der Waals surface area contributed by atoms with E-state index < -0.39 is 0 Å². The average Bonchev–Trinajstić information content (AvgIpc) is 2.80. The molecule has 3 aromatic carbocycles. The smallest absolute Gasteiger partial charge is 0.253 e. The van der Waals surface area contributed by atoms with Crippen molar-refractivity contribution in [1.82, 2.24) is 9.80 Å². The second-order valence-electron chi connectivity index (χ2n) is 8.29. The molecular formula is C27H30N2O. The summed E-state index contributed by atoms with van der Waals surface area (Å²) in [5, 5.41) is 0. The second-order valence-corrected chi connectivity index (χ2v) is 8.29. The maximum Gasteiger partial charge on any atom is 0.253 e. The Bertz CT molecular complexity index is 942. The minimum Gasteiger partial charge on any atom is -0.339 e. The molecule has 3 nitrogen and oxygen atoms in total. The van der Waals surface area contributed by atoms with Crippen molar-refractivity contribution in [3.63, 3.8) is 0 Å². The SMILES string of the molecule is CN(Cc1ccccc1)Cc1ccc(-c2ccc(C(=O)N3CCCCC3)cc2)cc1. The minimum atomic E-state index is 0.165. The minimum absolute atomic E-state index is 0.165. The lowest BCUT2D eigenvalue weighted by Crippen LogP contribution is -2.35. The highest BCUT2D eigenvalue weighted by molar-refractivity contribution is 5.94. The highest BCUT2D eigenvalue weighted by atomic mass is 16.2. The van der Waals surface area contributed by atoms with Gasteiger partial charge in [0, 0.05) is 31.7 Å². The van der Waals surface area contributed by atoms with Crippen molar-refractivity contribution in [2.24, 2.45) is 0 Å². The Kier molecular flexibility index (Phi) is 6.60. The molecule has 0 radical (unpaired) electrons. The molecule has 1 fully saturated rings. The summed E-state index contributed by atoms with van der Waals surface area (Å²) in [5.41, 5.74) is 5.75. The first kappa shape index (κ1) is 20.4. The summed E-state index contributed by atoms with van der Waals surface area (Å²) < 4.78 is 0. The number of hydrogen-bond donors (Lipinski definition) is 0. The molecule has 30 heavy (non-hydrogen) atoms. The molecular weight excluding hydrogens is 368 g/mol. The lowest BCUT2D eigenvalue weighted by Gasteiger charge is -2.26. The molecule has 1 saturated heterocycles. The maximum absolute atomic E-state index is 12.6. The molecule has 0 spiro atoms. The van der Waals surface area contributed by atoms with Crippen LogP contribution in [-0.2, 0) is 13.1 Å². The van der Waals surface area contributed by atoms with Crippen LogP contribution in [0.3, 0.4) is 0 Å². The molecule has 3 aromatic rings.